The Morgan fingerprint density at radius 1 is 1.40 bits per heavy atom. The number of nitrogens with zero attached hydrogens (tertiary/aromatic N) is 3. The molecule has 0 aromatic carbocycles. The number of aliphatic hydroxyl groups excluding tert-OH is 1. The van der Waals surface area contributed by atoms with Crippen molar-refractivity contribution in [3.8, 4) is 0 Å². The maximum absolute atomic E-state index is 12.3. The Hall–Kier alpha value is -1.76. The van der Waals surface area contributed by atoms with Crippen LogP contribution in [0.15, 0.2) is 9.59 Å². The lowest BCUT2D eigenvalue weighted by molar-refractivity contribution is 0.154. The number of nitrogens with two attached hydrogens (primary N) is 1. The Bertz CT molecular complexity index is 605. The van der Waals surface area contributed by atoms with Gasteiger partial charge < -0.3 is 15.7 Å². The van der Waals surface area contributed by atoms with Gasteiger partial charge in [-0.1, -0.05) is 6.92 Å². The van der Waals surface area contributed by atoms with Gasteiger partial charge >= 0.3 is 5.69 Å². The van der Waals surface area contributed by atoms with Crippen LogP contribution in [0.3, 0.4) is 0 Å². The predicted octanol–water partition coefficient (Wildman–Crippen LogP) is -0.500. The third kappa shape index (κ3) is 2.45. The Labute approximate surface area is 117 Å². The number of piperidine rings is 1. The molecule has 1 aromatic rings. The van der Waals surface area contributed by atoms with Gasteiger partial charge in [-0.05, 0) is 19.3 Å². The molecule has 2 rings (SSSR count). The highest BCUT2D eigenvalue weighted by atomic mass is 16.3. The molecule has 7 heteroatoms. The number of rotatable bonds is 3. The van der Waals surface area contributed by atoms with Crippen molar-refractivity contribution in [2.45, 2.75) is 38.8 Å². The molecule has 1 fully saturated rings. The Morgan fingerprint density at radius 3 is 2.70 bits per heavy atom. The zero-order valence-corrected chi connectivity index (χ0v) is 12.0. The largest absolute Gasteiger partial charge is 0.391 e. The van der Waals surface area contributed by atoms with Crippen molar-refractivity contribution in [1.82, 2.24) is 9.13 Å². The van der Waals surface area contributed by atoms with Crippen LogP contribution in [0.25, 0.3) is 0 Å². The first kappa shape index (κ1) is 14.6. The molecule has 7 nitrogen and oxygen atoms in total. The fraction of sp³-hybridized carbons (Fsp3) is 0.692. The van der Waals surface area contributed by atoms with Crippen LogP contribution >= 0.6 is 0 Å². The topological polar surface area (TPSA) is 93.5 Å². The van der Waals surface area contributed by atoms with E-state index in [1.165, 1.54) is 11.6 Å². The molecule has 0 amide bonds. The normalized spacial score (nSPS) is 19.4. The van der Waals surface area contributed by atoms with Crippen LogP contribution < -0.4 is 21.9 Å². The Kier molecular flexibility index (Phi) is 4.17. The van der Waals surface area contributed by atoms with Crippen LogP contribution in [-0.2, 0) is 13.6 Å². The van der Waals surface area contributed by atoms with Gasteiger partial charge in [-0.15, -0.1) is 0 Å². The molecule has 0 aliphatic carbocycles. The standard InChI is InChI=1S/C13H22N4O3/c1-3-6-17-11(14)10(12(19)15(2)13(17)20)16-7-4-5-9(18)8-16/h9,18H,3-8,14H2,1-2H3/t9-/m0/s1. The van der Waals surface area contributed by atoms with Gasteiger partial charge in [0.2, 0.25) is 0 Å². The summed E-state index contributed by atoms with van der Waals surface area (Å²) < 4.78 is 2.51. The summed E-state index contributed by atoms with van der Waals surface area (Å²) in [5, 5.41) is 9.76. The smallest absolute Gasteiger partial charge is 0.332 e. The van der Waals surface area contributed by atoms with Gasteiger partial charge in [0.1, 0.15) is 11.5 Å². The van der Waals surface area contributed by atoms with Crippen molar-refractivity contribution < 1.29 is 5.11 Å². The molecule has 3 N–H and O–H groups in total. The number of aliphatic hydroxyl groups is 1. The number of nitrogen functional groups attached to an aromatic ring is 1. The van der Waals surface area contributed by atoms with Gasteiger partial charge in [-0.3, -0.25) is 13.9 Å². The Balaban J connectivity index is 2.57. The van der Waals surface area contributed by atoms with E-state index >= 15 is 0 Å². The molecule has 0 bridgehead atoms. The maximum atomic E-state index is 12.3. The second-order valence-corrected chi connectivity index (χ2v) is 5.27. The minimum absolute atomic E-state index is 0.203. The van der Waals surface area contributed by atoms with Gasteiger partial charge in [0, 0.05) is 26.7 Å². The van der Waals surface area contributed by atoms with E-state index in [-0.39, 0.29) is 5.82 Å². The molecule has 0 radical (unpaired) electrons. The van der Waals surface area contributed by atoms with Gasteiger partial charge in [0.05, 0.1) is 6.10 Å². The first-order valence-corrected chi connectivity index (χ1v) is 6.99. The number of hydrogen-bond acceptors (Lipinski definition) is 5. The second kappa shape index (κ2) is 5.70. The van der Waals surface area contributed by atoms with Gasteiger partial charge in [0.25, 0.3) is 5.56 Å². The molecular formula is C13H22N4O3. The van der Waals surface area contributed by atoms with Crippen molar-refractivity contribution in [2.75, 3.05) is 23.7 Å². The SMILES string of the molecule is CCCn1c(N)c(N2CCC[C@H](O)C2)c(=O)n(C)c1=O. The highest BCUT2D eigenvalue weighted by Crippen LogP contribution is 2.21. The van der Waals surface area contributed by atoms with Crippen molar-refractivity contribution in [1.29, 1.82) is 0 Å². The van der Waals surface area contributed by atoms with Crippen LogP contribution in [0, 0.1) is 0 Å². The summed E-state index contributed by atoms with van der Waals surface area (Å²) in [7, 11) is 1.46. The van der Waals surface area contributed by atoms with Crippen LogP contribution in [0.2, 0.25) is 0 Å². The Morgan fingerprint density at radius 2 is 2.10 bits per heavy atom. The third-order valence-electron chi connectivity index (χ3n) is 3.72. The summed E-state index contributed by atoms with van der Waals surface area (Å²) in [6, 6.07) is 0. The lowest BCUT2D eigenvalue weighted by atomic mass is 10.1. The first-order chi connectivity index (χ1) is 9.47. The molecule has 1 aromatic heterocycles. The molecular weight excluding hydrogens is 260 g/mol. The van der Waals surface area contributed by atoms with E-state index in [0.717, 1.165) is 23.8 Å². The minimum Gasteiger partial charge on any atom is -0.391 e. The van der Waals surface area contributed by atoms with E-state index in [1.807, 2.05) is 6.92 Å². The van der Waals surface area contributed by atoms with E-state index in [2.05, 4.69) is 0 Å². The summed E-state index contributed by atoms with van der Waals surface area (Å²) in [4.78, 5) is 26.2. The molecule has 0 unspecified atom stereocenters. The minimum atomic E-state index is -0.459. The maximum Gasteiger partial charge on any atom is 0.332 e. The van der Waals surface area contributed by atoms with Crippen molar-refractivity contribution >= 4 is 11.5 Å². The lowest BCUT2D eigenvalue weighted by Gasteiger charge is -2.32. The molecule has 2 heterocycles. The second-order valence-electron chi connectivity index (χ2n) is 5.27. The highest BCUT2D eigenvalue weighted by molar-refractivity contribution is 5.62. The van der Waals surface area contributed by atoms with E-state index in [4.69, 9.17) is 5.73 Å². The van der Waals surface area contributed by atoms with E-state index in [1.54, 1.807) is 4.90 Å². The average Bonchev–Trinajstić information content (AvgIpc) is 2.42. The van der Waals surface area contributed by atoms with Crippen LogP contribution in [0.5, 0.6) is 0 Å². The number of anilines is 2. The van der Waals surface area contributed by atoms with Crippen LogP contribution in [0.4, 0.5) is 11.5 Å². The summed E-state index contributed by atoms with van der Waals surface area (Å²) >= 11 is 0. The zero-order chi connectivity index (χ0) is 14.9. The van der Waals surface area contributed by atoms with Crippen molar-refractivity contribution in [2.24, 2.45) is 7.05 Å². The molecule has 0 spiro atoms. The fourth-order valence-electron chi connectivity index (χ4n) is 2.66. The molecule has 1 aliphatic heterocycles. The van der Waals surface area contributed by atoms with Gasteiger partial charge in [-0.25, -0.2) is 4.79 Å². The highest BCUT2D eigenvalue weighted by Gasteiger charge is 2.25. The van der Waals surface area contributed by atoms with E-state index in [0.29, 0.717) is 25.3 Å². The van der Waals surface area contributed by atoms with E-state index in [9.17, 15) is 14.7 Å². The molecule has 20 heavy (non-hydrogen) atoms. The van der Waals surface area contributed by atoms with Crippen molar-refractivity contribution in [3.05, 3.63) is 20.8 Å². The summed E-state index contributed by atoms with van der Waals surface area (Å²) in [5.41, 5.74) is 5.59. The number of hydrogen-bond donors (Lipinski definition) is 2. The summed E-state index contributed by atoms with van der Waals surface area (Å²) in [6.45, 7) is 3.47. The summed E-state index contributed by atoms with van der Waals surface area (Å²) in [6.07, 6.45) is 1.83. The van der Waals surface area contributed by atoms with Crippen molar-refractivity contribution in [3.63, 3.8) is 0 Å². The molecule has 0 saturated carbocycles. The van der Waals surface area contributed by atoms with Crippen LogP contribution in [-0.4, -0.2) is 33.4 Å². The van der Waals surface area contributed by atoms with Gasteiger partial charge in [-0.2, -0.15) is 0 Å². The zero-order valence-electron chi connectivity index (χ0n) is 12.0. The van der Waals surface area contributed by atoms with Gasteiger partial charge in [0.15, 0.2) is 0 Å². The van der Waals surface area contributed by atoms with Crippen LogP contribution in [0.1, 0.15) is 26.2 Å². The molecule has 112 valence electrons. The predicted molar refractivity (Wildman–Crippen MR) is 78.1 cm³/mol. The fourth-order valence-corrected chi connectivity index (χ4v) is 2.66. The molecule has 1 atom stereocenters. The molecule has 1 saturated heterocycles. The average molecular weight is 282 g/mol. The third-order valence-corrected chi connectivity index (χ3v) is 3.72. The monoisotopic (exact) mass is 282 g/mol. The summed E-state index contributed by atoms with van der Waals surface area (Å²) in [5.74, 6) is 0.203. The lowest BCUT2D eigenvalue weighted by Crippen LogP contribution is -2.47. The molecule has 1 aliphatic rings. The number of β-amino-alcohol motifs (C(OH)–C–C–N with tert-alkyl or cyclic N) is 1. The first-order valence-electron chi connectivity index (χ1n) is 6.99. The quantitative estimate of drug-likeness (QED) is 0.779. The number of aromatic nitrogens is 2. The van der Waals surface area contributed by atoms with E-state index < -0.39 is 17.4 Å².